The summed E-state index contributed by atoms with van der Waals surface area (Å²) < 4.78 is 26.1. The molecule has 0 saturated carbocycles. The second-order valence-corrected chi connectivity index (χ2v) is 6.74. The van der Waals surface area contributed by atoms with E-state index in [2.05, 4.69) is 0 Å². The number of methoxy groups -OCH3 is 4. The van der Waals surface area contributed by atoms with Gasteiger partial charge >= 0.3 is 11.9 Å². The molecule has 0 bridgehead atoms. The molecule has 29 heavy (non-hydrogen) atoms. The lowest BCUT2D eigenvalue weighted by Crippen LogP contribution is -2.22. The number of hydrogen-bond donors (Lipinski definition) is 0. The van der Waals surface area contributed by atoms with Crippen molar-refractivity contribution in [1.29, 1.82) is 0 Å². The van der Waals surface area contributed by atoms with Gasteiger partial charge in [-0.1, -0.05) is 12.1 Å². The van der Waals surface area contributed by atoms with Crippen molar-refractivity contribution in [3.63, 3.8) is 0 Å². The SMILES string of the molecule is COc1ccc(CC2C(=O)OC(=O)C2Cc2ccc(OC)c(OC)c2)cc1OC. The Bertz CT molecular complexity index is 833. The molecule has 7 heteroatoms. The number of carbonyl (C=O) groups is 2. The fourth-order valence-electron chi connectivity index (χ4n) is 3.55. The van der Waals surface area contributed by atoms with Crippen LogP contribution in [0.5, 0.6) is 23.0 Å². The van der Waals surface area contributed by atoms with Crippen LogP contribution in [0.1, 0.15) is 11.1 Å². The first kappa shape index (κ1) is 20.5. The van der Waals surface area contributed by atoms with Gasteiger partial charge in [-0.3, -0.25) is 9.59 Å². The Balaban J connectivity index is 1.83. The maximum atomic E-state index is 12.3. The van der Waals surface area contributed by atoms with Crippen LogP contribution < -0.4 is 18.9 Å². The molecule has 2 unspecified atom stereocenters. The van der Waals surface area contributed by atoms with Crippen LogP contribution in [-0.4, -0.2) is 40.4 Å². The number of carbonyl (C=O) groups excluding carboxylic acids is 2. The van der Waals surface area contributed by atoms with E-state index >= 15 is 0 Å². The van der Waals surface area contributed by atoms with Gasteiger partial charge in [-0.05, 0) is 48.2 Å². The highest BCUT2D eigenvalue weighted by molar-refractivity contribution is 5.96. The van der Waals surface area contributed by atoms with E-state index in [1.54, 1.807) is 40.6 Å². The van der Waals surface area contributed by atoms with E-state index in [0.29, 0.717) is 35.8 Å². The molecular weight excluding hydrogens is 376 g/mol. The third kappa shape index (κ3) is 4.29. The first-order chi connectivity index (χ1) is 14.0. The van der Waals surface area contributed by atoms with Crippen LogP contribution in [0.4, 0.5) is 0 Å². The molecule has 7 nitrogen and oxygen atoms in total. The molecule has 0 aliphatic carbocycles. The number of ether oxygens (including phenoxy) is 5. The highest BCUT2D eigenvalue weighted by atomic mass is 16.6. The van der Waals surface area contributed by atoms with Gasteiger partial charge < -0.3 is 23.7 Å². The van der Waals surface area contributed by atoms with Crippen LogP contribution in [0.15, 0.2) is 36.4 Å². The molecule has 1 aliphatic rings. The van der Waals surface area contributed by atoms with E-state index in [4.69, 9.17) is 23.7 Å². The first-order valence-corrected chi connectivity index (χ1v) is 9.18. The maximum Gasteiger partial charge on any atom is 0.317 e. The van der Waals surface area contributed by atoms with Crippen molar-refractivity contribution < 1.29 is 33.3 Å². The van der Waals surface area contributed by atoms with E-state index in [1.165, 1.54) is 0 Å². The molecule has 0 radical (unpaired) electrons. The molecule has 3 rings (SSSR count). The lowest BCUT2D eigenvalue weighted by molar-refractivity contribution is -0.153. The summed E-state index contributed by atoms with van der Waals surface area (Å²) in [6.45, 7) is 0. The fraction of sp³-hybridized carbons (Fsp3) is 0.364. The summed E-state index contributed by atoms with van der Waals surface area (Å²) in [5, 5.41) is 0. The van der Waals surface area contributed by atoms with Gasteiger partial charge in [0.15, 0.2) is 23.0 Å². The predicted octanol–water partition coefficient (Wildman–Crippen LogP) is 2.82. The van der Waals surface area contributed by atoms with Crippen molar-refractivity contribution in [2.24, 2.45) is 11.8 Å². The smallest absolute Gasteiger partial charge is 0.317 e. The van der Waals surface area contributed by atoms with Crippen molar-refractivity contribution in [2.75, 3.05) is 28.4 Å². The van der Waals surface area contributed by atoms with Gasteiger partial charge in [0, 0.05) is 0 Å². The molecule has 2 aromatic rings. The number of rotatable bonds is 8. The van der Waals surface area contributed by atoms with Gasteiger partial charge in [-0.2, -0.15) is 0 Å². The van der Waals surface area contributed by atoms with Crippen molar-refractivity contribution in [2.45, 2.75) is 12.8 Å². The highest BCUT2D eigenvalue weighted by Crippen LogP contribution is 2.35. The van der Waals surface area contributed by atoms with Crippen LogP contribution >= 0.6 is 0 Å². The second-order valence-electron chi connectivity index (χ2n) is 6.74. The van der Waals surface area contributed by atoms with Crippen molar-refractivity contribution in [3.05, 3.63) is 47.5 Å². The summed E-state index contributed by atoms with van der Waals surface area (Å²) in [4.78, 5) is 24.7. The second kappa shape index (κ2) is 8.86. The summed E-state index contributed by atoms with van der Waals surface area (Å²) in [5.74, 6) is 0.178. The summed E-state index contributed by atoms with van der Waals surface area (Å²) in [7, 11) is 6.22. The summed E-state index contributed by atoms with van der Waals surface area (Å²) >= 11 is 0. The van der Waals surface area contributed by atoms with Crippen LogP contribution in [0, 0.1) is 11.8 Å². The van der Waals surface area contributed by atoms with Crippen molar-refractivity contribution in [1.82, 2.24) is 0 Å². The normalized spacial score (nSPS) is 18.3. The lowest BCUT2D eigenvalue weighted by Gasteiger charge is -2.16. The molecule has 1 fully saturated rings. The first-order valence-electron chi connectivity index (χ1n) is 9.18. The van der Waals surface area contributed by atoms with Gasteiger partial charge in [0.25, 0.3) is 0 Å². The zero-order valence-corrected chi connectivity index (χ0v) is 16.9. The maximum absolute atomic E-state index is 12.3. The topological polar surface area (TPSA) is 80.3 Å². The Labute approximate surface area is 169 Å². The molecule has 2 aromatic carbocycles. The Morgan fingerprint density at radius 1 is 0.655 bits per heavy atom. The van der Waals surface area contributed by atoms with Gasteiger partial charge in [0.2, 0.25) is 0 Å². The molecule has 0 aromatic heterocycles. The largest absolute Gasteiger partial charge is 0.493 e. The zero-order chi connectivity index (χ0) is 21.0. The van der Waals surface area contributed by atoms with E-state index in [1.807, 2.05) is 24.3 Å². The van der Waals surface area contributed by atoms with Gasteiger partial charge in [0.05, 0.1) is 40.3 Å². The van der Waals surface area contributed by atoms with Gasteiger partial charge in [0.1, 0.15) is 0 Å². The molecule has 2 atom stereocenters. The van der Waals surface area contributed by atoms with Crippen LogP contribution in [0.3, 0.4) is 0 Å². The fourth-order valence-corrected chi connectivity index (χ4v) is 3.55. The average Bonchev–Trinajstić information content (AvgIpc) is 3.00. The van der Waals surface area contributed by atoms with Crippen LogP contribution in [-0.2, 0) is 27.2 Å². The third-order valence-corrected chi connectivity index (χ3v) is 5.10. The molecule has 154 valence electrons. The van der Waals surface area contributed by atoms with E-state index < -0.39 is 23.8 Å². The minimum Gasteiger partial charge on any atom is -0.493 e. The number of cyclic esters (lactones) is 2. The summed E-state index contributed by atoms with van der Waals surface area (Å²) in [6.07, 6.45) is 0.728. The molecule has 1 heterocycles. The minimum atomic E-state index is -0.575. The lowest BCUT2D eigenvalue weighted by atomic mass is 9.84. The number of esters is 2. The molecule has 1 aliphatic heterocycles. The van der Waals surface area contributed by atoms with E-state index in [-0.39, 0.29) is 0 Å². The Morgan fingerprint density at radius 2 is 1.03 bits per heavy atom. The van der Waals surface area contributed by atoms with E-state index in [9.17, 15) is 9.59 Å². The molecule has 0 N–H and O–H groups in total. The minimum absolute atomic E-state index is 0.364. The Hall–Kier alpha value is -3.22. The Kier molecular flexibility index (Phi) is 6.26. The van der Waals surface area contributed by atoms with Crippen LogP contribution in [0.25, 0.3) is 0 Å². The summed E-state index contributed by atoms with van der Waals surface area (Å²) in [5.41, 5.74) is 1.72. The summed E-state index contributed by atoms with van der Waals surface area (Å²) in [6, 6.07) is 10.9. The predicted molar refractivity (Wildman–Crippen MR) is 105 cm³/mol. The van der Waals surface area contributed by atoms with Gasteiger partial charge in [-0.25, -0.2) is 0 Å². The Morgan fingerprint density at radius 3 is 1.38 bits per heavy atom. The van der Waals surface area contributed by atoms with Gasteiger partial charge in [-0.15, -0.1) is 0 Å². The molecular formula is C22H24O7. The molecule has 1 saturated heterocycles. The molecule has 0 spiro atoms. The standard InChI is InChI=1S/C22H24O7/c1-25-17-7-5-13(11-19(17)27-3)9-15-16(22(24)29-21(15)23)10-14-6-8-18(26-2)20(12-14)28-4/h5-8,11-12,15-16H,9-10H2,1-4H3. The zero-order valence-electron chi connectivity index (χ0n) is 16.9. The number of benzene rings is 2. The highest BCUT2D eigenvalue weighted by Gasteiger charge is 2.44. The van der Waals surface area contributed by atoms with Crippen molar-refractivity contribution >= 4 is 11.9 Å². The number of hydrogen-bond acceptors (Lipinski definition) is 7. The molecule has 0 amide bonds. The van der Waals surface area contributed by atoms with E-state index in [0.717, 1.165) is 11.1 Å². The average molecular weight is 400 g/mol. The van der Waals surface area contributed by atoms with Crippen LogP contribution in [0.2, 0.25) is 0 Å². The quantitative estimate of drug-likeness (QED) is 0.498. The third-order valence-electron chi connectivity index (χ3n) is 5.10. The monoisotopic (exact) mass is 400 g/mol. The van der Waals surface area contributed by atoms with Crippen molar-refractivity contribution in [3.8, 4) is 23.0 Å².